The van der Waals surface area contributed by atoms with Gasteiger partial charge in [0.2, 0.25) is 0 Å². The van der Waals surface area contributed by atoms with Crippen molar-refractivity contribution in [3.05, 3.63) is 50.2 Å². The van der Waals surface area contributed by atoms with E-state index in [1.807, 2.05) is 0 Å². The van der Waals surface area contributed by atoms with E-state index in [9.17, 15) is 32.7 Å². The second-order valence-electron chi connectivity index (χ2n) is 11.8. The topological polar surface area (TPSA) is 92.5 Å². The Hall–Kier alpha value is -2.37. The number of fused-ring (bicyclic) bond motifs is 3. The predicted molar refractivity (Wildman–Crippen MR) is 147 cm³/mol. The first-order valence-electron chi connectivity index (χ1n) is 13.6. The fourth-order valence-electron chi connectivity index (χ4n) is 6.88. The normalized spacial score (nSPS) is 25.0. The monoisotopic (exact) mass is 651 g/mol. The summed E-state index contributed by atoms with van der Waals surface area (Å²) in [5.74, 6) is -2.95. The molecule has 228 valence electrons. The number of rotatable bonds is 8. The van der Waals surface area contributed by atoms with Crippen molar-refractivity contribution in [3.8, 4) is 0 Å². The van der Waals surface area contributed by atoms with E-state index in [0.717, 1.165) is 15.8 Å². The van der Waals surface area contributed by atoms with Gasteiger partial charge in [-0.1, -0.05) is 47.6 Å². The standard InChI is InChI=1S/C28H28Cl3F4N3O4/c29-16-11-18(30)21(19(31)12-16)20(39)14-37(15-26(32)3-1-2-4-26)23(40)17-13-36-38(22(17)28(33,34)35)27-8-5-25(6-9-27,7-10-27)24(41)42/h11-13H,1-10,14-15H2,(H,41,42). The van der Waals surface area contributed by atoms with Crippen LogP contribution in [0.15, 0.2) is 18.3 Å². The minimum atomic E-state index is -5.02. The van der Waals surface area contributed by atoms with E-state index in [-0.39, 0.29) is 72.0 Å². The number of carboxylic acid groups (broad SMARTS) is 1. The SMILES string of the molecule is O=C(CN(CC1(F)CCCC1)C(=O)c1cnn(C23CCC(C(=O)O)(CC2)CC3)c1C(F)(F)F)c1c(Cl)cc(Cl)cc1Cl. The molecule has 1 amide bonds. The summed E-state index contributed by atoms with van der Waals surface area (Å²) in [6, 6.07) is 2.53. The Kier molecular flexibility index (Phi) is 8.11. The number of Topliss-reactive ketones (excluding diaryl/α,β-unsaturated/α-hetero) is 1. The third-order valence-corrected chi connectivity index (χ3v) is 10.1. The van der Waals surface area contributed by atoms with Crippen LogP contribution in [0.3, 0.4) is 0 Å². The maximum Gasteiger partial charge on any atom is 0.433 e. The second-order valence-corrected chi connectivity index (χ2v) is 13.1. The quantitative estimate of drug-likeness (QED) is 0.234. The molecule has 4 aliphatic rings. The molecule has 0 aliphatic heterocycles. The molecule has 0 spiro atoms. The molecule has 14 heteroatoms. The average molecular weight is 653 g/mol. The number of hydrogen-bond donors (Lipinski definition) is 1. The Bertz CT molecular complexity index is 1390. The first-order valence-corrected chi connectivity index (χ1v) is 14.8. The molecule has 4 fully saturated rings. The lowest BCUT2D eigenvalue weighted by molar-refractivity contribution is -0.163. The highest BCUT2D eigenvalue weighted by Gasteiger charge is 2.56. The van der Waals surface area contributed by atoms with E-state index in [1.165, 1.54) is 12.1 Å². The van der Waals surface area contributed by atoms with Crippen molar-refractivity contribution >= 4 is 52.5 Å². The average Bonchev–Trinajstić information content (AvgIpc) is 3.56. The van der Waals surface area contributed by atoms with Gasteiger partial charge in [0.25, 0.3) is 5.91 Å². The highest BCUT2D eigenvalue weighted by atomic mass is 35.5. The van der Waals surface area contributed by atoms with E-state index in [2.05, 4.69) is 5.10 Å². The van der Waals surface area contributed by atoms with Gasteiger partial charge in [-0.25, -0.2) is 4.39 Å². The van der Waals surface area contributed by atoms with Crippen LogP contribution >= 0.6 is 34.8 Å². The van der Waals surface area contributed by atoms with Crippen LogP contribution in [-0.4, -0.2) is 56.2 Å². The van der Waals surface area contributed by atoms with Gasteiger partial charge in [-0.3, -0.25) is 19.1 Å². The number of halogens is 7. The smallest absolute Gasteiger partial charge is 0.433 e. The van der Waals surface area contributed by atoms with Gasteiger partial charge in [-0.2, -0.15) is 18.3 Å². The number of amides is 1. The van der Waals surface area contributed by atoms with Crippen LogP contribution in [0.2, 0.25) is 15.1 Å². The lowest BCUT2D eigenvalue weighted by atomic mass is 9.57. The van der Waals surface area contributed by atoms with E-state index >= 15 is 4.39 Å². The Balaban J connectivity index is 1.52. The summed E-state index contributed by atoms with van der Waals surface area (Å²) in [5, 5.41) is 13.7. The van der Waals surface area contributed by atoms with Crippen LogP contribution in [0.25, 0.3) is 0 Å². The molecule has 4 saturated carbocycles. The minimum Gasteiger partial charge on any atom is -0.481 e. The molecular formula is C28H28Cl3F4N3O4. The summed E-state index contributed by atoms with van der Waals surface area (Å²) in [5.41, 5.74) is -6.25. The number of aromatic nitrogens is 2. The van der Waals surface area contributed by atoms with Gasteiger partial charge in [-0.15, -0.1) is 0 Å². The number of alkyl halides is 4. The summed E-state index contributed by atoms with van der Waals surface area (Å²) in [6.45, 7) is -1.38. The van der Waals surface area contributed by atoms with Crippen LogP contribution < -0.4 is 0 Å². The molecule has 0 radical (unpaired) electrons. The Morgan fingerprint density at radius 1 is 0.952 bits per heavy atom. The van der Waals surface area contributed by atoms with Crippen molar-refractivity contribution in [2.45, 2.75) is 81.6 Å². The van der Waals surface area contributed by atoms with E-state index in [1.54, 1.807) is 0 Å². The van der Waals surface area contributed by atoms with E-state index < -0.39 is 64.8 Å². The molecule has 2 aromatic rings. The Morgan fingerprint density at radius 3 is 2.00 bits per heavy atom. The van der Waals surface area contributed by atoms with Gasteiger partial charge < -0.3 is 10.0 Å². The third kappa shape index (κ3) is 5.52. The van der Waals surface area contributed by atoms with Crippen molar-refractivity contribution in [1.29, 1.82) is 0 Å². The molecule has 0 saturated heterocycles. The maximum absolute atomic E-state index is 15.7. The molecule has 1 aromatic carbocycles. The molecule has 0 atom stereocenters. The number of aliphatic carboxylic acids is 1. The number of carbonyl (C=O) groups is 3. The molecule has 4 aliphatic carbocycles. The van der Waals surface area contributed by atoms with Crippen molar-refractivity contribution in [1.82, 2.24) is 14.7 Å². The molecule has 2 bridgehead atoms. The fourth-order valence-corrected chi connectivity index (χ4v) is 7.91. The van der Waals surface area contributed by atoms with Crippen molar-refractivity contribution in [3.63, 3.8) is 0 Å². The van der Waals surface area contributed by atoms with E-state index in [4.69, 9.17) is 34.8 Å². The third-order valence-electron chi connectivity index (χ3n) is 9.26. The lowest BCUT2D eigenvalue weighted by Crippen LogP contribution is -2.52. The van der Waals surface area contributed by atoms with Crippen molar-refractivity contribution < 1.29 is 37.1 Å². The van der Waals surface area contributed by atoms with Gasteiger partial charge in [0.1, 0.15) is 5.67 Å². The fraction of sp³-hybridized carbons (Fsp3) is 0.571. The molecule has 7 nitrogen and oxygen atoms in total. The molecule has 6 rings (SSSR count). The predicted octanol–water partition coefficient (Wildman–Crippen LogP) is 7.60. The van der Waals surface area contributed by atoms with Crippen LogP contribution in [0.4, 0.5) is 17.6 Å². The number of carbonyl (C=O) groups excluding carboxylic acids is 2. The minimum absolute atomic E-state index is 0.0905. The van der Waals surface area contributed by atoms with E-state index in [0.29, 0.717) is 12.8 Å². The number of nitrogens with zero attached hydrogens (tertiary/aromatic N) is 3. The second kappa shape index (κ2) is 11.0. The molecule has 1 N–H and O–H groups in total. The van der Waals surface area contributed by atoms with Gasteiger partial charge in [0.15, 0.2) is 11.5 Å². The zero-order valence-electron chi connectivity index (χ0n) is 22.4. The first kappa shape index (κ1) is 31.1. The molecule has 1 aromatic heterocycles. The number of carboxylic acids is 1. The highest BCUT2D eigenvalue weighted by Crippen LogP contribution is 2.56. The summed E-state index contributed by atoms with van der Waals surface area (Å²) >= 11 is 18.3. The molecular weight excluding hydrogens is 625 g/mol. The van der Waals surface area contributed by atoms with Crippen molar-refractivity contribution in [2.75, 3.05) is 13.1 Å². The maximum atomic E-state index is 15.7. The van der Waals surface area contributed by atoms with Gasteiger partial charge in [-0.05, 0) is 63.5 Å². The largest absolute Gasteiger partial charge is 0.481 e. The number of benzene rings is 1. The highest BCUT2D eigenvalue weighted by molar-refractivity contribution is 6.42. The van der Waals surface area contributed by atoms with Gasteiger partial charge in [0.05, 0.1) is 51.4 Å². The lowest BCUT2D eigenvalue weighted by Gasteiger charge is -2.51. The summed E-state index contributed by atoms with van der Waals surface area (Å²) in [6.07, 6.45) is -1.92. The summed E-state index contributed by atoms with van der Waals surface area (Å²) in [7, 11) is 0. The van der Waals surface area contributed by atoms with Crippen molar-refractivity contribution in [2.24, 2.45) is 5.41 Å². The molecule has 42 heavy (non-hydrogen) atoms. The van der Waals surface area contributed by atoms with Crippen LogP contribution in [-0.2, 0) is 16.5 Å². The van der Waals surface area contributed by atoms with Gasteiger partial charge in [0, 0.05) is 5.02 Å². The number of ketones is 1. The summed E-state index contributed by atoms with van der Waals surface area (Å²) in [4.78, 5) is 39.8. The van der Waals surface area contributed by atoms with Crippen LogP contribution in [0.1, 0.15) is 90.6 Å². The van der Waals surface area contributed by atoms with Crippen LogP contribution in [0, 0.1) is 5.41 Å². The first-order chi connectivity index (χ1) is 19.6. The molecule has 0 unspecified atom stereocenters. The van der Waals surface area contributed by atoms with Gasteiger partial charge >= 0.3 is 12.1 Å². The zero-order chi connectivity index (χ0) is 30.7. The Labute approximate surface area is 254 Å². The zero-order valence-corrected chi connectivity index (χ0v) is 24.6. The number of hydrogen-bond acceptors (Lipinski definition) is 4. The molecule has 1 heterocycles. The summed E-state index contributed by atoms with van der Waals surface area (Å²) < 4.78 is 60.6. The Morgan fingerprint density at radius 2 is 1.50 bits per heavy atom. The van der Waals surface area contributed by atoms with Crippen LogP contribution in [0.5, 0.6) is 0 Å².